The third-order valence-corrected chi connectivity index (χ3v) is 2.49. The van der Waals surface area contributed by atoms with Crippen LogP contribution in [0.3, 0.4) is 0 Å². The number of benzene rings is 1. The molecule has 18 heavy (non-hydrogen) atoms. The third-order valence-electron chi connectivity index (χ3n) is 2.49. The van der Waals surface area contributed by atoms with Crippen molar-refractivity contribution in [3.63, 3.8) is 0 Å². The molecule has 0 atom stereocenters. The predicted octanol–water partition coefficient (Wildman–Crippen LogP) is 2.04. The highest BCUT2D eigenvalue weighted by Gasteiger charge is 2.18. The van der Waals surface area contributed by atoms with E-state index in [0.29, 0.717) is 5.69 Å². The minimum atomic E-state index is -1.16. The predicted molar refractivity (Wildman–Crippen MR) is 67.6 cm³/mol. The molecule has 0 aliphatic heterocycles. The number of anilines is 1. The molecular weight excluding hydrogens is 232 g/mol. The molecule has 1 aromatic carbocycles. The van der Waals surface area contributed by atoms with E-state index in [1.807, 2.05) is 30.3 Å². The second-order valence-electron chi connectivity index (χ2n) is 3.65. The second kappa shape index (κ2) is 4.75. The van der Waals surface area contributed by atoms with Crippen LogP contribution in [-0.2, 0) is 0 Å². The molecule has 2 aromatic rings. The SMILES string of the molecule is COc1nc(-c2ccccc2)cc(N)c1C(=O)O. The first-order chi connectivity index (χ1) is 8.63. The Morgan fingerprint density at radius 1 is 1.33 bits per heavy atom. The highest BCUT2D eigenvalue weighted by Crippen LogP contribution is 2.28. The Morgan fingerprint density at radius 2 is 2.00 bits per heavy atom. The zero-order valence-electron chi connectivity index (χ0n) is 9.75. The normalized spacial score (nSPS) is 10.1. The van der Waals surface area contributed by atoms with E-state index in [9.17, 15) is 4.79 Å². The summed E-state index contributed by atoms with van der Waals surface area (Å²) in [4.78, 5) is 15.2. The Hall–Kier alpha value is -2.56. The molecule has 1 aromatic heterocycles. The first-order valence-electron chi connectivity index (χ1n) is 5.26. The summed E-state index contributed by atoms with van der Waals surface area (Å²) in [5, 5.41) is 9.04. The number of nitrogen functional groups attached to an aromatic ring is 1. The average Bonchev–Trinajstić information content (AvgIpc) is 2.38. The molecule has 0 saturated heterocycles. The number of aromatic nitrogens is 1. The molecule has 0 aliphatic rings. The maximum atomic E-state index is 11.0. The lowest BCUT2D eigenvalue weighted by Crippen LogP contribution is -2.07. The van der Waals surface area contributed by atoms with Gasteiger partial charge in [0, 0.05) is 5.56 Å². The van der Waals surface area contributed by atoms with Gasteiger partial charge in [-0.25, -0.2) is 9.78 Å². The molecule has 92 valence electrons. The number of ether oxygens (including phenoxy) is 1. The van der Waals surface area contributed by atoms with Crippen LogP contribution in [0.4, 0.5) is 5.69 Å². The number of carboxylic acid groups (broad SMARTS) is 1. The summed E-state index contributed by atoms with van der Waals surface area (Å²) in [6, 6.07) is 10.9. The molecule has 0 unspecified atom stereocenters. The molecule has 0 spiro atoms. The molecule has 5 heteroatoms. The van der Waals surface area contributed by atoms with Gasteiger partial charge in [0.05, 0.1) is 18.5 Å². The van der Waals surface area contributed by atoms with Crippen LogP contribution in [0.2, 0.25) is 0 Å². The molecule has 3 N–H and O–H groups in total. The summed E-state index contributed by atoms with van der Waals surface area (Å²) in [5.74, 6) is -1.14. The van der Waals surface area contributed by atoms with Crippen LogP contribution in [0.5, 0.6) is 5.88 Å². The van der Waals surface area contributed by atoms with Gasteiger partial charge in [-0.05, 0) is 6.07 Å². The number of nitrogens with two attached hydrogens (primary N) is 1. The van der Waals surface area contributed by atoms with E-state index in [1.165, 1.54) is 13.2 Å². The fourth-order valence-electron chi connectivity index (χ4n) is 1.66. The molecule has 0 radical (unpaired) electrons. The number of nitrogens with zero attached hydrogens (tertiary/aromatic N) is 1. The highest BCUT2D eigenvalue weighted by molar-refractivity contribution is 5.97. The minimum Gasteiger partial charge on any atom is -0.480 e. The number of hydrogen-bond acceptors (Lipinski definition) is 4. The summed E-state index contributed by atoms with van der Waals surface area (Å²) < 4.78 is 4.98. The van der Waals surface area contributed by atoms with Gasteiger partial charge < -0.3 is 15.6 Å². The van der Waals surface area contributed by atoms with Crippen molar-refractivity contribution in [1.82, 2.24) is 4.98 Å². The van der Waals surface area contributed by atoms with Crippen LogP contribution >= 0.6 is 0 Å². The van der Waals surface area contributed by atoms with Gasteiger partial charge in [-0.1, -0.05) is 30.3 Å². The van der Waals surface area contributed by atoms with E-state index in [4.69, 9.17) is 15.6 Å². The molecule has 0 amide bonds. The van der Waals surface area contributed by atoms with E-state index in [1.54, 1.807) is 0 Å². The fourth-order valence-corrected chi connectivity index (χ4v) is 1.66. The van der Waals surface area contributed by atoms with Gasteiger partial charge in [0.25, 0.3) is 0 Å². The maximum Gasteiger partial charge on any atom is 0.343 e. The van der Waals surface area contributed by atoms with Gasteiger partial charge in [-0.3, -0.25) is 0 Å². The summed E-state index contributed by atoms with van der Waals surface area (Å²) in [6.45, 7) is 0. The quantitative estimate of drug-likeness (QED) is 0.862. The average molecular weight is 244 g/mol. The Morgan fingerprint density at radius 3 is 2.56 bits per heavy atom. The standard InChI is InChI=1S/C13H12N2O3/c1-18-12-11(13(16)17)9(14)7-10(15-12)8-5-3-2-4-6-8/h2-7H,1H3,(H2,14,15)(H,16,17). The molecule has 5 nitrogen and oxygen atoms in total. The molecular formula is C13H12N2O3. The lowest BCUT2D eigenvalue weighted by molar-refractivity contribution is 0.0694. The molecule has 1 heterocycles. The number of carbonyl (C=O) groups is 1. The van der Waals surface area contributed by atoms with Crippen LogP contribution < -0.4 is 10.5 Å². The van der Waals surface area contributed by atoms with Crippen LogP contribution in [0.1, 0.15) is 10.4 Å². The molecule has 0 saturated carbocycles. The van der Waals surface area contributed by atoms with Crippen LogP contribution in [0.15, 0.2) is 36.4 Å². The number of carboxylic acids is 1. The van der Waals surface area contributed by atoms with Gasteiger partial charge >= 0.3 is 5.97 Å². The van der Waals surface area contributed by atoms with Crippen LogP contribution in [-0.4, -0.2) is 23.2 Å². The maximum absolute atomic E-state index is 11.0. The zero-order valence-corrected chi connectivity index (χ0v) is 9.75. The van der Waals surface area contributed by atoms with E-state index in [2.05, 4.69) is 4.98 Å². The molecule has 2 rings (SSSR count). The Balaban J connectivity index is 2.60. The van der Waals surface area contributed by atoms with Gasteiger partial charge in [-0.15, -0.1) is 0 Å². The lowest BCUT2D eigenvalue weighted by Gasteiger charge is -2.09. The van der Waals surface area contributed by atoms with Crippen molar-refractivity contribution in [2.45, 2.75) is 0 Å². The van der Waals surface area contributed by atoms with Crippen LogP contribution in [0, 0.1) is 0 Å². The first-order valence-corrected chi connectivity index (χ1v) is 5.26. The minimum absolute atomic E-state index is 0.0151. The van der Waals surface area contributed by atoms with Gasteiger partial charge in [0.1, 0.15) is 5.56 Å². The van der Waals surface area contributed by atoms with E-state index in [-0.39, 0.29) is 17.1 Å². The Labute approximate surface area is 104 Å². The number of hydrogen-bond donors (Lipinski definition) is 2. The topological polar surface area (TPSA) is 85.4 Å². The van der Waals surface area contributed by atoms with Crippen molar-refractivity contribution in [2.24, 2.45) is 0 Å². The molecule has 0 bridgehead atoms. The van der Waals surface area contributed by atoms with E-state index >= 15 is 0 Å². The fraction of sp³-hybridized carbons (Fsp3) is 0.0769. The van der Waals surface area contributed by atoms with Crippen molar-refractivity contribution in [3.05, 3.63) is 42.0 Å². The van der Waals surface area contributed by atoms with Crippen molar-refractivity contribution < 1.29 is 14.6 Å². The first kappa shape index (κ1) is 11.9. The largest absolute Gasteiger partial charge is 0.480 e. The Kier molecular flexibility index (Phi) is 3.14. The van der Waals surface area contributed by atoms with Gasteiger partial charge in [0.15, 0.2) is 0 Å². The summed E-state index contributed by atoms with van der Waals surface area (Å²) in [7, 11) is 1.36. The van der Waals surface area contributed by atoms with E-state index < -0.39 is 5.97 Å². The van der Waals surface area contributed by atoms with Gasteiger partial charge in [0.2, 0.25) is 5.88 Å². The van der Waals surface area contributed by atoms with Crippen molar-refractivity contribution in [2.75, 3.05) is 12.8 Å². The summed E-state index contributed by atoms with van der Waals surface area (Å²) >= 11 is 0. The third kappa shape index (κ3) is 2.10. The summed E-state index contributed by atoms with van der Waals surface area (Å²) in [6.07, 6.45) is 0. The molecule has 0 fully saturated rings. The van der Waals surface area contributed by atoms with Gasteiger partial charge in [-0.2, -0.15) is 0 Å². The lowest BCUT2D eigenvalue weighted by atomic mass is 10.1. The van der Waals surface area contributed by atoms with Crippen molar-refractivity contribution >= 4 is 11.7 Å². The number of methoxy groups -OCH3 is 1. The number of rotatable bonds is 3. The smallest absolute Gasteiger partial charge is 0.343 e. The summed E-state index contributed by atoms with van der Waals surface area (Å²) in [5.41, 5.74) is 7.18. The highest BCUT2D eigenvalue weighted by atomic mass is 16.5. The van der Waals surface area contributed by atoms with Crippen molar-refractivity contribution in [3.8, 4) is 17.1 Å². The second-order valence-corrected chi connectivity index (χ2v) is 3.65. The number of pyridine rings is 1. The zero-order chi connectivity index (χ0) is 13.1. The van der Waals surface area contributed by atoms with E-state index in [0.717, 1.165) is 5.56 Å². The number of aromatic carboxylic acids is 1. The van der Waals surface area contributed by atoms with Crippen molar-refractivity contribution in [1.29, 1.82) is 0 Å². The molecule has 0 aliphatic carbocycles. The monoisotopic (exact) mass is 244 g/mol. The van der Waals surface area contributed by atoms with Crippen LogP contribution in [0.25, 0.3) is 11.3 Å². The Bertz CT molecular complexity index is 582.